The molecular weight excluding hydrogens is 604 g/mol. The Kier molecular flexibility index (Phi) is 8.44. The first-order valence-corrected chi connectivity index (χ1v) is 18.1. The number of esters is 1. The van der Waals surface area contributed by atoms with E-state index in [1.807, 2.05) is 13.8 Å². The number of ether oxygens (including phenoxy) is 1. The number of amides is 2. The predicted molar refractivity (Wildman–Crippen MR) is 174 cm³/mol. The lowest BCUT2D eigenvalue weighted by atomic mass is 9.73. The molecular formula is C36H50N2O7S. The first-order chi connectivity index (χ1) is 21.3. The highest BCUT2D eigenvalue weighted by molar-refractivity contribution is 7.90. The molecule has 252 valence electrons. The Balaban J connectivity index is 1.42. The number of ketones is 1. The van der Waals surface area contributed by atoms with Gasteiger partial charge in [0.1, 0.15) is 5.60 Å². The summed E-state index contributed by atoms with van der Waals surface area (Å²) in [6.07, 6.45) is 5.33. The molecule has 1 aromatic rings. The van der Waals surface area contributed by atoms with Crippen LogP contribution in [0.15, 0.2) is 47.9 Å². The lowest BCUT2D eigenvalue weighted by Gasteiger charge is -2.32. The minimum atomic E-state index is -4.15. The summed E-state index contributed by atoms with van der Waals surface area (Å²) in [5.41, 5.74) is -2.18. The molecule has 0 aromatic heterocycles. The van der Waals surface area contributed by atoms with E-state index in [1.54, 1.807) is 49.9 Å². The normalized spacial score (nSPS) is 29.6. The molecule has 4 fully saturated rings. The number of nitrogens with one attached hydrogen (secondary N) is 1. The number of rotatable bonds is 11. The van der Waals surface area contributed by atoms with Crippen molar-refractivity contribution in [2.75, 3.05) is 6.54 Å². The van der Waals surface area contributed by atoms with E-state index in [4.69, 9.17) is 4.74 Å². The number of carbonyl (C=O) groups excluding carboxylic acids is 4. The molecule has 1 aromatic carbocycles. The fraction of sp³-hybridized carbons (Fsp3) is 0.667. The van der Waals surface area contributed by atoms with Gasteiger partial charge >= 0.3 is 5.97 Å². The van der Waals surface area contributed by atoms with Gasteiger partial charge in [0.2, 0.25) is 11.8 Å². The maximum Gasteiger partial charge on any atom is 0.307 e. The van der Waals surface area contributed by atoms with Gasteiger partial charge in [-0.1, -0.05) is 58.4 Å². The summed E-state index contributed by atoms with van der Waals surface area (Å²) in [5.74, 6) is -2.89. The van der Waals surface area contributed by atoms with Crippen LogP contribution in [-0.2, 0) is 33.9 Å². The van der Waals surface area contributed by atoms with E-state index in [9.17, 15) is 27.6 Å². The average Bonchev–Trinajstić information content (AvgIpc) is 3.65. The zero-order valence-corrected chi connectivity index (χ0v) is 29.2. The molecule has 3 saturated carbocycles. The molecule has 1 saturated heterocycles. The van der Waals surface area contributed by atoms with Crippen LogP contribution in [-0.4, -0.2) is 55.1 Å². The fourth-order valence-electron chi connectivity index (χ4n) is 9.00. The van der Waals surface area contributed by atoms with Gasteiger partial charge < -0.3 is 9.64 Å². The van der Waals surface area contributed by atoms with Crippen molar-refractivity contribution in [2.45, 2.75) is 110 Å². The number of nitrogens with zero attached hydrogens (tertiary/aromatic N) is 1. The maximum atomic E-state index is 14.4. The quantitative estimate of drug-likeness (QED) is 0.249. The van der Waals surface area contributed by atoms with Gasteiger partial charge in [-0.05, 0) is 81.3 Å². The summed E-state index contributed by atoms with van der Waals surface area (Å²) in [5, 5.41) is 0. The van der Waals surface area contributed by atoms with E-state index >= 15 is 0 Å². The van der Waals surface area contributed by atoms with Gasteiger partial charge in [0.05, 0.1) is 28.7 Å². The lowest BCUT2D eigenvalue weighted by molar-refractivity contribution is -0.159. The molecule has 1 heterocycles. The second kappa shape index (κ2) is 11.3. The highest BCUT2D eigenvalue weighted by Crippen LogP contribution is 2.88. The molecule has 5 atom stereocenters. The zero-order valence-electron chi connectivity index (χ0n) is 28.4. The van der Waals surface area contributed by atoms with Crippen molar-refractivity contribution in [2.24, 2.45) is 39.4 Å². The van der Waals surface area contributed by atoms with Crippen molar-refractivity contribution in [1.29, 1.82) is 0 Å². The van der Waals surface area contributed by atoms with Crippen LogP contribution in [0.25, 0.3) is 0 Å². The van der Waals surface area contributed by atoms with Gasteiger partial charge in [-0.25, -0.2) is 13.1 Å². The summed E-state index contributed by atoms with van der Waals surface area (Å²) in [4.78, 5) is 57.1. The number of likely N-dealkylation sites (tertiary alicyclic amines) is 1. The number of carbonyl (C=O) groups is 4. The van der Waals surface area contributed by atoms with Crippen molar-refractivity contribution in [1.82, 2.24) is 9.62 Å². The molecule has 0 bridgehead atoms. The van der Waals surface area contributed by atoms with Gasteiger partial charge in [-0.3, -0.25) is 19.2 Å². The highest BCUT2D eigenvalue weighted by Gasteiger charge is 2.85. The van der Waals surface area contributed by atoms with Crippen LogP contribution in [0.3, 0.4) is 0 Å². The number of allylic oxidation sites excluding steroid dienone is 1. The van der Waals surface area contributed by atoms with Crippen LogP contribution in [0.2, 0.25) is 0 Å². The van der Waals surface area contributed by atoms with Crippen molar-refractivity contribution < 1.29 is 32.3 Å². The Morgan fingerprint density at radius 1 is 1.07 bits per heavy atom. The zero-order chi connectivity index (χ0) is 34.1. The minimum Gasteiger partial charge on any atom is -0.460 e. The first-order valence-electron chi connectivity index (χ1n) is 16.6. The van der Waals surface area contributed by atoms with Gasteiger partial charge in [-0.2, -0.15) is 0 Å². The Morgan fingerprint density at radius 3 is 2.17 bits per heavy atom. The number of hydrogen-bond acceptors (Lipinski definition) is 7. The highest BCUT2D eigenvalue weighted by atomic mass is 32.2. The van der Waals surface area contributed by atoms with Crippen molar-refractivity contribution in [3.05, 3.63) is 43.0 Å². The van der Waals surface area contributed by atoms with E-state index in [0.29, 0.717) is 19.4 Å². The molecule has 2 amide bonds. The third-order valence-corrected chi connectivity index (χ3v) is 13.4. The lowest BCUT2D eigenvalue weighted by Crippen LogP contribution is -2.47. The van der Waals surface area contributed by atoms with Crippen LogP contribution >= 0.6 is 0 Å². The summed E-state index contributed by atoms with van der Waals surface area (Å²) in [7, 11) is -4.15. The topological polar surface area (TPSA) is 127 Å². The molecule has 0 unspecified atom stereocenters. The Morgan fingerprint density at radius 2 is 1.70 bits per heavy atom. The molecule has 5 rings (SSSR count). The average molecular weight is 655 g/mol. The standard InChI is InChI=1S/C36H50N2O7S/c1-9-24-19-34(24,31(42)37-46(43,44)25-14-11-10-12-15-25)21-28(39)27-20-36(33(7,8)35(36)16-13-17-35)22-38(27)30(41)26(23(2)3)18-29(40)45-32(4,5)6/h9-12,14-15,23-24,26-27H,1,13,16-22H2,2-8H3,(H,37,42)/t24-,26+,27+,34-,36-/m1/s1. The number of hydrogen-bond donors (Lipinski definition) is 1. The smallest absolute Gasteiger partial charge is 0.307 e. The third-order valence-electron chi connectivity index (χ3n) is 12.0. The van der Waals surface area contributed by atoms with Gasteiger partial charge in [0, 0.05) is 18.4 Å². The number of sulfonamides is 1. The summed E-state index contributed by atoms with van der Waals surface area (Å²) in [6.45, 7) is 17.9. The fourth-order valence-corrected chi connectivity index (χ4v) is 10.1. The van der Waals surface area contributed by atoms with Gasteiger partial charge in [0.15, 0.2) is 5.78 Å². The summed E-state index contributed by atoms with van der Waals surface area (Å²) < 4.78 is 33.9. The second-order valence-electron chi connectivity index (χ2n) is 16.1. The molecule has 2 spiro atoms. The number of benzene rings is 1. The monoisotopic (exact) mass is 654 g/mol. The van der Waals surface area contributed by atoms with Crippen LogP contribution in [0.4, 0.5) is 0 Å². The molecule has 3 aliphatic carbocycles. The van der Waals surface area contributed by atoms with Crippen LogP contribution in [0.1, 0.15) is 93.4 Å². The van der Waals surface area contributed by atoms with Gasteiger partial charge in [-0.15, -0.1) is 6.58 Å². The first kappa shape index (κ1) is 34.3. The van der Waals surface area contributed by atoms with E-state index in [0.717, 1.165) is 19.3 Å². The largest absolute Gasteiger partial charge is 0.460 e. The molecule has 1 N–H and O–H groups in total. The third kappa shape index (κ3) is 5.42. The predicted octanol–water partition coefficient (Wildman–Crippen LogP) is 5.44. The van der Waals surface area contributed by atoms with Crippen molar-refractivity contribution in [3.8, 4) is 0 Å². The van der Waals surface area contributed by atoms with Crippen molar-refractivity contribution >= 4 is 33.6 Å². The van der Waals surface area contributed by atoms with E-state index in [2.05, 4.69) is 25.1 Å². The Labute approximate surface area is 273 Å². The second-order valence-corrected chi connectivity index (χ2v) is 17.7. The van der Waals surface area contributed by atoms with Crippen molar-refractivity contribution in [3.63, 3.8) is 0 Å². The van der Waals surface area contributed by atoms with Crippen LogP contribution < -0.4 is 4.72 Å². The maximum absolute atomic E-state index is 14.4. The Bertz CT molecular complexity index is 1540. The Hall–Kier alpha value is -3.01. The minimum absolute atomic E-state index is 0.0402. The summed E-state index contributed by atoms with van der Waals surface area (Å²) in [6, 6.07) is 6.87. The molecule has 4 aliphatic rings. The van der Waals surface area contributed by atoms with Crippen LogP contribution in [0.5, 0.6) is 0 Å². The van der Waals surface area contributed by atoms with E-state index < -0.39 is 44.9 Å². The van der Waals surface area contributed by atoms with E-state index in [-0.39, 0.29) is 57.5 Å². The molecule has 10 heteroatoms. The SMILES string of the molecule is C=C[C@@H]1C[C@]1(CC(=O)[C@@H]1C[C@@]2(CN1C(=O)[C@@H](CC(=O)OC(C)(C)C)C(C)C)C(C)(C)C21CCC1)C(=O)NS(=O)(=O)c1ccccc1. The van der Waals surface area contributed by atoms with Crippen LogP contribution in [0, 0.1) is 39.4 Å². The summed E-state index contributed by atoms with van der Waals surface area (Å²) >= 11 is 0. The molecule has 46 heavy (non-hydrogen) atoms. The number of Topliss-reactive ketones (excluding diaryl/α,β-unsaturated/α-hetero) is 1. The van der Waals surface area contributed by atoms with E-state index in [1.165, 1.54) is 12.1 Å². The number of fused-ring (bicyclic) bond motifs is 1. The van der Waals surface area contributed by atoms with Gasteiger partial charge in [0.25, 0.3) is 10.0 Å². The molecule has 1 aliphatic heterocycles. The molecule has 9 nitrogen and oxygen atoms in total. The molecule has 0 radical (unpaired) electrons.